The fourth-order valence-corrected chi connectivity index (χ4v) is 15.7. The zero-order chi connectivity index (χ0) is 53.6. The third-order valence-corrected chi connectivity index (χ3v) is 20.4. The van der Waals surface area contributed by atoms with E-state index in [4.69, 9.17) is 14.7 Å². The smallest absolute Gasteiger partial charge is 0.324 e. The van der Waals surface area contributed by atoms with Crippen LogP contribution in [0.1, 0.15) is 134 Å². The van der Waals surface area contributed by atoms with Crippen molar-refractivity contribution in [3.63, 3.8) is 0 Å². The number of aryl methyl sites for hydroxylation is 1. The van der Waals surface area contributed by atoms with E-state index >= 15 is 9.59 Å². The Kier molecular flexibility index (Phi) is 14.0. The number of nitrogens with zero attached hydrogens (tertiary/aromatic N) is 8. The van der Waals surface area contributed by atoms with Crippen LogP contribution in [0.3, 0.4) is 0 Å². The van der Waals surface area contributed by atoms with Gasteiger partial charge >= 0.3 is 5.97 Å². The largest absolute Gasteiger partial charge is 0.464 e. The van der Waals surface area contributed by atoms with E-state index in [-0.39, 0.29) is 66.1 Å². The predicted octanol–water partition coefficient (Wildman–Crippen LogP) is 7.14. The van der Waals surface area contributed by atoms with Crippen LogP contribution in [0.2, 0.25) is 0 Å². The number of likely N-dealkylation sites (tertiary alicyclic amines) is 2. The van der Waals surface area contributed by atoms with Crippen LogP contribution in [0.15, 0.2) is 35.8 Å². The van der Waals surface area contributed by atoms with Crippen molar-refractivity contribution in [1.29, 1.82) is 0 Å². The summed E-state index contributed by atoms with van der Waals surface area (Å²) < 4.78 is 8.78. The van der Waals surface area contributed by atoms with Crippen molar-refractivity contribution in [1.82, 2.24) is 50.3 Å². The number of thiazole rings is 1. The molecular formula is C61H83N11O5S. The number of fused-ring (bicyclic) bond motifs is 6. The highest BCUT2D eigenvalue weighted by Gasteiger charge is 2.55. The van der Waals surface area contributed by atoms with Crippen molar-refractivity contribution in [3.8, 4) is 22.5 Å². The Morgan fingerprint density at radius 3 is 2.47 bits per heavy atom. The molecule has 6 bridgehead atoms. The molecule has 3 N–H and O–H groups in total. The number of ether oxygens (including phenoxy) is 1. The Morgan fingerprint density at radius 1 is 0.923 bits per heavy atom. The summed E-state index contributed by atoms with van der Waals surface area (Å²) in [7, 11) is 0. The fourth-order valence-electron chi connectivity index (χ4n) is 14.9. The summed E-state index contributed by atoms with van der Waals surface area (Å²) in [6.07, 6.45) is 15.2. The number of carbonyl (C=O) groups excluding carboxylic acids is 4. The van der Waals surface area contributed by atoms with Gasteiger partial charge in [0.25, 0.3) is 5.91 Å². The Balaban J connectivity index is 0.818. The van der Waals surface area contributed by atoms with Gasteiger partial charge in [-0.05, 0) is 126 Å². The maximum Gasteiger partial charge on any atom is 0.324 e. The normalized spacial score (nSPS) is 28.7. The summed E-state index contributed by atoms with van der Waals surface area (Å²) in [5.74, 6) is 0.521. The summed E-state index contributed by atoms with van der Waals surface area (Å²) in [5, 5.41) is 12.4. The first kappa shape index (κ1) is 52.4. The van der Waals surface area contributed by atoms with Crippen molar-refractivity contribution in [3.05, 3.63) is 52.1 Å². The van der Waals surface area contributed by atoms with Gasteiger partial charge in [-0.25, -0.2) is 10.4 Å². The van der Waals surface area contributed by atoms with Gasteiger partial charge in [0.2, 0.25) is 11.8 Å². The Bertz CT molecular complexity index is 2950. The van der Waals surface area contributed by atoms with Crippen molar-refractivity contribution >= 4 is 51.6 Å². The highest BCUT2D eigenvalue weighted by atomic mass is 32.1. The molecule has 3 aromatic heterocycles. The van der Waals surface area contributed by atoms with Gasteiger partial charge in [0.15, 0.2) is 0 Å². The molecule has 5 saturated heterocycles. The summed E-state index contributed by atoms with van der Waals surface area (Å²) >= 11 is 1.52. The maximum absolute atomic E-state index is 15.2. The van der Waals surface area contributed by atoms with Crippen molar-refractivity contribution in [2.75, 3.05) is 70.4 Å². The Morgan fingerprint density at radius 2 is 1.72 bits per heavy atom. The number of piperazine rings is 1. The van der Waals surface area contributed by atoms with Gasteiger partial charge < -0.3 is 24.4 Å². The van der Waals surface area contributed by atoms with Crippen molar-refractivity contribution in [2.45, 2.75) is 173 Å². The summed E-state index contributed by atoms with van der Waals surface area (Å²) in [6, 6.07) is 8.19. The molecule has 78 heavy (non-hydrogen) atoms. The molecule has 4 aromatic rings. The Hall–Kier alpha value is -4.94. The quantitative estimate of drug-likeness (QED) is 0.103. The molecule has 3 aliphatic carbocycles. The molecule has 3 saturated carbocycles. The molecule has 9 heterocycles. The van der Waals surface area contributed by atoms with Crippen LogP contribution in [-0.2, 0) is 43.3 Å². The van der Waals surface area contributed by atoms with E-state index < -0.39 is 17.5 Å². The van der Waals surface area contributed by atoms with Crippen molar-refractivity contribution < 1.29 is 23.9 Å². The number of amides is 3. The number of cyclic esters (lactones) is 1. The summed E-state index contributed by atoms with van der Waals surface area (Å²) in [4.78, 5) is 78.4. The number of esters is 1. The third kappa shape index (κ3) is 10.3. The SMILES string of the molecule is CCn1c(-c2cc(N3CCN(C4CC4)CC3)cnc2C(C)C)c2c3cc(ccc31)-c1csc(n1)C[C@H](NC(=O)[C@H](C1CCCC1)N1CC[C@]3(CCN(C(=O)[C@@H]4N[C@@H]4C4CC4)C3)C1)C(=O)N1CCC[C@H](N1)C(=O)OCC(C)(C)C2. The fraction of sp³-hybridized carbons (Fsp3) is 0.672. The maximum atomic E-state index is 15.2. The lowest BCUT2D eigenvalue weighted by molar-refractivity contribution is -0.155. The van der Waals surface area contributed by atoms with Crippen LogP contribution in [0, 0.1) is 22.7 Å². The lowest BCUT2D eigenvalue weighted by atomic mass is 9.84. The molecule has 9 aliphatic rings. The van der Waals surface area contributed by atoms with Crippen LogP contribution >= 0.6 is 11.3 Å². The molecule has 0 unspecified atom stereocenters. The number of anilines is 1. The van der Waals surface area contributed by atoms with Gasteiger partial charge in [-0.1, -0.05) is 46.6 Å². The number of aromatic nitrogens is 3. The van der Waals surface area contributed by atoms with E-state index in [2.05, 4.69) is 111 Å². The first-order valence-electron chi connectivity index (χ1n) is 30.1. The standard InChI is InChI=1S/C61H83N11O5S/c1-6-71-49-18-15-40-28-43(49)45(55(71)44-29-42(32-62-51(44)37(2)3)68-26-24-67(25-27-68)41-16-17-41)31-60(4,5)36-77-59(76)46-12-9-21-72(66-46)57(74)47(30-50-63-48(40)33-78-50)64-56(73)54(39-10-7-8-11-39)69-22-19-61(34-69)20-23-70(35-61)58(75)53-52(65-53)38-13-14-38/h15,18,28-29,32-33,37-39,41,46-47,52-54,65-66H,6-14,16-17,19-27,30-31,34-36H2,1-5H3,(H,64,73)/t46-,47-,52+,53+,54-,61-/m0/s1. The van der Waals surface area contributed by atoms with E-state index in [9.17, 15) is 9.59 Å². The summed E-state index contributed by atoms with van der Waals surface area (Å²) in [5.41, 5.74) is 11.5. The molecule has 1 spiro atoms. The van der Waals surface area contributed by atoms with Gasteiger partial charge in [-0.15, -0.1) is 11.3 Å². The zero-order valence-electron chi connectivity index (χ0n) is 46.9. The number of nitrogens with one attached hydrogen (secondary N) is 3. The monoisotopic (exact) mass is 1080 g/mol. The van der Waals surface area contributed by atoms with E-state index in [1.807, 2.05) is 0 Å². The van der Waals surface area contributed by atoms with Crippen LogP contribution in [0.4, 0.5) is 5.69 Å². The first-order chi connectivity index (χ1) is 37.7. The van der Waals surface area contributed by atoms with Crippen LogP contribution < -0.4 is 21.0 Å². The number of hydrogen-bond acceptors (Lipinski definition) is 13. The zero-order valence-corrected chi connectivity index (χ0v) is 47.7. The van der Waals surface area contributed by atoms with Crippen molar-refractivity contribution in [2.24, 2.45) is 22.7 Å². The molecule has 8 fully saturated rings. The number of benzene rings is 1. The van der Waals surface area contributed by atoms with Gasteiger partial charge in [0.1, 0.15) is 18.1 Å². The van der Waals surface area contributed by atoms with Crippen LogP contribution in [0.5, 0.6) is 0 Å². The molecular weight excluding hydrogens is 999 g/mol. The predicted molar refractivity (Wildman–Crippen MR) is 304 cm³/mol. The third-order valence-electron chi connectivity index (χ3n) is 19.5. The number of hydrogen-bond donors (Lipinski definition) is 3. The Labute approximate surface area is 464 Å². The molecule has 3 amide bonds. The molecule has 6 aliphatic heterocycles. The second kappa shape index (κ2) is 20.9. The first-order valence-corrected chi connectivity index (χ1v) is 31.0. The van der Waals surface area contributed by atoms with Gasteiger partial charge in [0, 0.05) is 116 Å². The van der Waals surface area contributed by atoms with Crippen LogP contribution in [-0.4, -0.2) is 160 Å². The summed E-state index contributed by atoms with van der Waals surface area (Å²) in [6.45, 7) is 19.6. The average molecular weight is 1080 g/mol. The number of rotatable bonds is 11. The van der Waals surface area contributed by atoms with E-state index in [0.29, 0.717) is 37.8 Å². The molecule has 0 radical (unpaired) electrons. The lowest BCUT2D eigenvalue weighted by Gasteiger charge is -2.37. The highest BCUT2D eigenvalue weighted by Crippen LogP contribution is 2.46. The van der Waals surface area contributed by atoms with Gasteiger partial charge in [0.05, 0.1) is 46.6 Å². The highest BCUT2D eigenvalue weighted by molar-refractivity contribution is 7.10. The minimum absolute atomic E-state index is 0.0229. The number of pyridine rings is 1. The molecule has 17 heteroatoms. The topological polar surface area (TPSA) is 170 Å². The number of carbonyl (C=O) groups is 4. The average Bonchev–Trinajstić information content (AvgIpc) is 4.59. The van der Waals surface area contributed by atoms with E-state index in [1.54, 1.807) is 5.01 Å². The minimum atomic E-state index is -0.918. The second-order valence-corrected chi connectivity index (χ2v) is 27.2. The molecule has 13 rings (SSSR count). The number of hydrazine groups is 1. The van der Waals surface area contributed by atoms with Crippen LogP contribution in [0.25, 0.3) is 33.4 Å². The van der Waals surface area contributed by atoms with E-state index in [0.717, 1.165) is 148 Å². The second-order valence-electron chi connectivity index (χ2n) is 26.2. The molecule has 6 atom stereocenters. The van der Waals surface area contributed by atoms with Gasteiger partial charge in [-0.2, -0.15) is 0 Å². The minimum Gasteiger partial charge on any atom is -0.464 e. The molecule has 1 aromatic carbocycles. The van der Waals surface area contributed by atoms with E-state index in [1.165, 1.54) is 48.3 Å². The molecule has 16 nitrogen and oxygen atoms in total. The molecule has 418 valence electrons. The van der Waals surface area contributed by atoms with Gasteiger partial charge in [-0.3, -0.25) is 44.3 Å². The lowest BCUT2D eigenvalue weighted by Crippen LogP contribution is -2.62.